The standard InChI is InChI=1S/C21H19ClN4OS/c1-12-7-8-13(2)15(9-12)11-19(27)23-18-10-14(3)25-26(18)21-24-20-16(22)5-4-6-17(20)28-21/h4-10H,11H2,1-3H3,(H,23,27). The maximum atomic E-state index is 12.7. The molecule has 1 amide bonds. The maximum Gasteiger partial charge on any atom is 0.229 e. The Morgan fingerprint density at radius 1 is 1.18 bits per heavy atom. The summed E-state index contributed by atoms with van der Waals surface area (Å²) < 4.78 is 2.64. The number of benzene rings is 2. The fourth-order valence-corrected chi connectivity index (χ4v) is 4.31. The number of fused-ring (bicyclic) bond motifs is 1. The van der Waals surface area contributed by atoms with Crippen molar-refractivity contribution in [3.05, 3.63) is 69.9 Å². The van der Waals surface area contributed by atoms with Crippen LogP contribution in [0.2, 0.25) is 5.02 Å². The Labute approximate surface area is 172 Å². The molecule has 0 fully saturated rings. The van der Waals surface area contributed by atoms with Crippen LogP contribution in [0, 0.1) is 20.8 Å². The molecule has 0 bridgehead atoms. The number of hydrogen-bond donors (Lipinski definition) is 1. The quantitative estimate of drug-likeness (QED) is 0.500. The number of carbonyl (C=O) groups is 1. The van der Waals surface area contributed by atoms with Gasteiger partial charge in [-0.3, -0.25) is 4.79 Å². The molecule has 0 saturated heterocycles. The number of thiazole rings is 1. The average Bonchev–Trinajstić information content (AvgIpc) is 3.22. The predicted molar refractivity (Wildman–Crippen MR) is 115 cm³/mol. The van der Waals surface area contributed by atoms with Crippen LogP contribution in [-0.4, -0.2) is 20.7 Å². The van der Waals surface area contributed by atoms with E-state index in [0.29, 0.717) is 22.4 Å². The minimum absolute atomic E-state index is 0.0889. The summed E-state index contributed by atoms with van der Waals surface area (Å²) in [7, 11) is 0. The average molecular weight is 411 g/mol. The van der Waals surface area contributed by atoms with Gasteiger partial charge in [0.15, 0.2) is 0 Å². The topological polar surface area (TPSA) is 59.8 Å². The van der Waals surface area contributed by atoms with Gasteiger partial charge in [-0.05, 0) is 44.0 Å². The van der Waals surface area contributed by atoms with E-state index in [2.05, 4.69) is 15.4 Å². The minimum atomic E-state index is -0.0889. The second kappa shape index (κ2) is 7.37. The van der Waals surface area contributed by atoms with Crippen LogP contribution in [-0.2, 0) is 11.2 Å². The molecule has 1 N–H and O–H groups in total. The Kier molecular flexibility index (Phi) is 4.91. The molecule has 0 aliphatic rings. The van der Waals surface area contributed by atoms with Crippen molar-refractivity contribution in [2.75, 3.05) is 5.32 Å². The monoisotopic (exact) mass is 410 g/mol. The minimum Gasteiger partial charge on any atom is -0.310 e. The zero-order chi connectivity index (χ0) is 19.8. The molecular weight excluding hydrogens is 392 g/mol. The summed E-state index contributed by atoms with van der Waals surface area (Å²) in [6, 6.07) is 13.7. The summed E-state index contributed by atoms with van der Waals surface area (Å²) in [6.07, 6.45) is 0.309. The molecule has 0 saturated carbocycles. The van der Waals surface area contributed by atoms with Gasteiger partial charge in [0, 0.05) is 6.07 Å². The molecule has 4 rings (SSSR count). The summed E-state index contributed by atoms with van der Waals surface area (Å²) >= 11 is 7.73. The largest absolute Gasteiger partial charge is 0.310 e. The van der Waals surface area contributed by atoms with Crippen molar-refractivity contribution in [3.63, 3.8) is 0 Å². The zero-order valence-electron chi connectivity index (χ0n) is 15.8. The normalized spacial score (nSPS) is 11.1. The van der Waals surface area contributed by atoms with Gasteiger partial charge in [0.1, 0.15) is 11.3 Å². The lowest BCUT2D eigenvalue weighted by Gasteiger charge is -2.09. The Hall–Kier alpha value is -2.70. The van der Waals surface area contributed by atoms with Gasteiger partial charge < -0.3 is 5.32 Å². The smallest absolute Gasteiger partial charge is 0.229 e. The van der Waals surface area contributed by atoms with Crippen LogP contribution >= 0.6 is 22.9 Å². The van der Waals surface area contributed by atoms with Crippen LogP contribution in [0.1, 0.15) is 22.4 Å². The molecule has 7 heteroatoms. The van der Waals surface area contributed by atoms with E-state index in [9.17, 15) is 4.79 Å². The number of halogens is 1. The summed E-state index contributed by atoms with van der Waals surface area (Å²) in [5, 5.41) is 8.75. The lowest BCUT2D eigenvalue weighted by Crippen LogP contribution is -2.17. The summed E-state index contributed by atoms with van der Waals surface area (Å²) in [6.45, 7) is 5.93. The van der Waals surface area contributed by atoms with Crippen molar-refractivity contribution < 1.29 is 4.79 Å². The lowest BCUT2D eigenvalue weighted by atomic mass is 10.0. The van der Waals surface area contributed by atoms with Gasteiger partial charge in [-0.15, -0.1) is 0 Å². The molecule has 2 heterocycles. The van der Waals surface area contributed by atoms with Crippen LogP contribution in [0.5, 0.6) is 0 Å². The van der Waals surface area contributed by atoms with Gasteiger partial charge in [0.05, 0.1) is 21.8 Å². The Morgan fingerprint density at radius 3 is 2.79 bits per heavy atom. The second-order valence-corrected chi connectivity index (χ2v) is 8.24. The summed E-state index contributed by atoms with van der Waals surface area (Å²) in [5.41, 5.74) is 4.80. The molecule has 0 aliphatic heterocycles. The van der Waals surface area contributed by atoms with Crippen LogP contribution in [0.25, 0.3) is 15.3 Å². The molecule has 5 nitrogen and oxygen atoms in total. The van der Waals surface area contributed by atoms with Crippen LogP contribution in [0.4, 0.5) is 5.82 Å². The van der Waals surface area contributed by atoms with E-state index in [4.69, 9.17) is 11.6 Å². The fraction of sp³-hybridized carbons (Fsp3) is 0.190. The van der Waals surface area contributed by atoms with Crippen molar-refractivity contribution in [2.45, 2.75) is 27.2 Å². The van der Waals surface area contributed by atoms with Gasteiger partial charge in [-0.2, -0.15) is 9.78 Å². The molecule has 142 valence electrons. The van der Waals surface area contributed by atoms with E-state index in [-0.39, 0.29) is 5.91 Å². The maximum absolute atomic E-state index is 12.7. The third-order valence-corrected chi connectivity index (χ3v) is 5.80. The zero-order valence-corrected chi connectivity index (χ0v) is 17.4. The number of anilines is 1. The van der Waals surface area contributed by atoms with Crippen LogP contribution < -0.4 is 5.32 Å². The first-order chi connectivity index (χ1) is 13.4. The lowest BCUT2D eigenvalue weighted by molar-refractivity contribution is -0.115. The highest BCUT2D eigenvalue weighted by atomic mass is 35.5. The van der Waals surface area contributed by atoms with E-state index >= 15 is 0 Å². The third-order valence-electron chi connectivity index (χ3n) is 4.49. The molecule has 28 heavy (non-hydrogen) atoms. The van der Waals surface area contributed by atoms with Crippen molar-refractivity contribution in [2.24, 2.45) is 0 Å². The number of para-hydroxylation sites is 1. The summed E-state index contributed by atoms with van der Waals surface area (Å²) in [5.74, 6) is 0.511. The van der Waals surface area contributed by atoms with Gasteiger partial charge in [-0.25, -0.2) is 4.98 Å². The number of hydrogen-bond acceptors (Lipinski definition) is 4. The molecule has 0 atom stereocenters. The Bertz CT molecular complexity index is 1190. The van der Waals surface area contributed by atoms with E-state index in [1.165, 1.54) is 11.3 Å². The Balaban J connectivity index is 1.63. The highest BCUT2D eigenvalue weighted by Crippen LogP contribution is 2.31. The number of nitrogens with one attached hydrogen (secondary N) is 1. The number of amides is 1. The van der Waals surface area contributed by atoms with Crippen molar-refractivity contribution in [1.82, 2.24) is 14.8 Å². The Morgan fingerprint density at radius 2 is 2.00 bits per heavy atom. The van der Waals surface area contributed by atoms with Crippen molar-refractivity contribution >= 4 is 44.9 Å². The first-order valence-electron chi connectivity index (χ1n) is 8.89. The number of aromatic nitrogens is 3. The second-order valence-electron chi connectivity index (χ2n) is 6.82. The van der Waals surface area contributed by atoms with Gasteiger partial charge >= 0.3 is 0 Å². The first kappa shape index (κ1) is 18.7. The van der Waals surface area contributed by atoms with Gasteiger partial charge in [-0.1, -0.05) is 52.8 Å². The third kappa shape index (κ3) is 3.66. The van der Waals surface area contributed by atoms with Crippen molar-refractivity contribution in [1.29, 1.82) is 0 Å². The van der Waals surface area contributed by atoms with E-state index < -0.39 is 0 Å². The fourth-order valence-electron chi connectivity index (χ4n) is 3.08. The summed E-state index contributed by atoms with van der Waals surface area (Å²) in [4.78, 5) is 17.3. The number of rotatable bonds is 4. The van der Waals surface area contributed by atoms with E-state index in [1.54, 1.807) is 4.68 Å². The molecule has 0 unspecified atom stereocenters. The van der Waals surface area contributed by atoms with E-state index in [1.807, 2.05) is 63.2 Å². The molecule has 2 aromatic carbocycles. The number of aryl methyl sites for hydroxylation is 3. The van der Waals surface area contributed by atoms with Gasteiger partial charge in [0.25, 0.3) is 0 Å². The first-order valence-corrected chi connectivity index (χ1v) is 10.1. The number of carbonyl (C=O) groups excluding carboxylic acids is 1. The molecule has 4 aromatic rings. The molecule has 0 aliphatic carbocycles. The molecule has 2 aromatic heterocycles. The molecule has 0 spiro atoms. The highest BCUT2D eigenvalue weighted by molar-refractivity contribution is 7.20. The van der Waals surface area contributed by atoms with Crippen LogP contribution in [0.3, 0.4) is 0 Å². The van der Waals surface area contributed by atoms with E-state index in [0.717, 1.165) is 32.6 Å². The SMILES string of the molecule is Cc1ccc(C)c(CC(=O)Nc2cc(C)nn2-c2nc3c(Cl)cccc3s2)c1. The molecular formula is C21H19ClN4OS. The van der Waals surface area contributed by atoms with Crippen molar-refractivity contribution in [3.8, 4) is 5.13 Å². The predicted octanol–water partition coefficient (Wildman–Crippen LogP) is 5.24. The van der Waals surface area contributed by atoms with Crippen LogP contribution in [0.15, 0.2) is 42.5 Å². The number of nitrogens with zero attached hydrogens (tertiary/aromatic N) is 3. The molecule has 0 radical (unpaired) electrons. The van der Waals surface area contributed by atoms with Gasteiger partial charge in [0.2, 0.25) is 11.0 Å². The highest BCUT2D eigenvalue weighted by Gasteiger charge is 2.16.